The van der Waals surface area contributed by atoms with E-state index in [1.807, 2.05) is 0 Å². The van der Waals surface area contributed by atoms with Crippen molar-refractivity contribution in [3.8, 4) is 0 Å². The first-order chi connectivity index (χ1) is 6.83. The van der Waals surface area contributed by atoms with Gasteiger partial charge in [0.05, 0.1) is 11.0 Å². The van der Waals surface area contributed by atoms with Crippen LogP contribution >= 0.6 is 12.8 Å². The number of piperidine rings is 1. The molecule has 0 aliphatic carbocycles. The number of carbonyl (C=O) groups excluding carboxylic acids is 1. The van der Waals surface area contributed by atoms with Gasteiger partial charge in [0.1, 0.15) is 0 Å². The summed E-state index contributed by atoms with van der Waals surface area (Å²) in [4.78, 5) is 21.6. The zero-order chi connectivity index (χ0) is 11.7. The minimum Gasteiger partial charge on any atom is -0.389 e. The van der Waals surface area contributed by atoms with E-state index < -0.39 is 16.9 Å². The van der Waals surface area contributed by atoms with Gasteiger partial charge in [-0.05, 0) is 26.7 Å². The van der Waals surface area contributed by atoms with Crippen molar-refractivity contribution in [1.29, 1.82) is 0 Å². The molecule has 0 saturated carbocycles. The van der Waals surface area contributed by atoms with Crippen molar-refractivity contribution >= 4 is 18.7 Å². The summed E-state index contributed by atoms with van der Waals surface area (Å²) in [6.45, 7) is 4.31. The molecule has 1 amide bonds. The van der Waals surface area contributed by atoms with E-state index in [4.69, 9.17) is 0 Å². The van der Waals surface area contributed by atoms with Crippen LogP contribution in [0.1, 0.15) is 26.7 Å². The van der Waals surface area contributed by atoms with Gasteiger partial charge < -0.3 is 5.11 Å². The maximum absolute atomic E-state index is 11.3. The lowest BCUT2D eigenvalue weighted by Gasteiger charge is -2.44. The number of carbonyl (C=O) groups is 1. The summed E-state index contributed by atoms with van der Waals surface area (Å²) in [6, 6.07) is 0. The lowest BCUT2D eigenvalue weighted by Crippen LogP contribution is -2.54. The van der Waals surface area contributed by atoms with Gasteiger partial charge in [0.25, 0.3) is 5.91 Å². The van der Waals surface area contributed by atoms with E-state index in [-0.39, 0.29) is 0 Å². The molecular weight excluding hydrogens is 216 g/mol. The standard InChI is InChI=1S/C9H16N2O3S/c1-8(2,7(12)10-14)9(13)3-5-11(15)6-4-9/h13,15H,3-6H2,1-2H3. The highest BCUT2D eigenvalue weighted by molar-refractivity contribution is 7.77. The molecule has 1 aliphatic heterocycles. The third-order valence-electron chi connectivity index (χ3n) is 3.35. The van der Waals surface area contributed by atoms with Gasteiger partial charge in [-0.2, -0.15) is 0 Å². The van der Waals surface area contributed by atoms with Gasteiger partial charge in [0.15, 0.2) is 0 Å². The molecule has 1 heterocycles. The van der Waals surface area contributed by atoms with Crippen LogP contribution in [0.2, 0.25) is 0 Å². The van der Waals surface area contributed by atoms with Gasteiger partial charge in [0, 0.05) is 18.3 Å². The molecule has 5 nitrogen and oxygen atoms in total. The van der Waals surface area contributed by atoms with Crippen LogP contribution in [0.15, 0.2) is 5.18 Å². The molecule has 0 unspecified atom stereocenters. The summed E-state index contributed by atoms with van der Waals surface area (Å²) < 4.78 is 1.78. The molecule has 0 atom stereocenters. The molecule has 1 fully saturated rings. The number of nitroso groups, excluding NO2 is 1. The first-order valence-electron chi connectivity index (χ1n) is 4.87. The topological polar surface area (TPSA) is 70.0 Å². The number of nitrogens with zero attached hydrogens (tertiary/aromatic N) is 2. The third-order valence-corrected chi connectivity index (χ3v) is 3.75. The minimum absolute atomic E-state index is 0.421. The maximum atomic E-state index is 11.3. The van der Waals surface area contributed by atoms with Gasteiger partial charge in [-0.15, -0.1) is 4.91 Å². The number of amides is 1. The first kappa shape index (κ1) is 12.6. The van der Waals surface area contributed by atoms with Crippen LogP contribution in [0.25, 0.3) is 0 Å². The number of rotatable bonds is 2. The van der Waals surface area contributed by atoms with Crippen LogP contribution in [0, 0.1) is 10.3 Å². The summed E-state index contributed by atoms with van der Waals surface area (Å²) >= 11 is 4.16. The van der Waals surface area contributed by atoms with Crippen molar-refractivity contribution in [2.45, 2.75) is 32.3 Å². The first-order valence-corrected chi connectivity index (χ1v) is 5.27. The summed E-state index contributed by atoms with van der Waals surface area (Å²) in [5, 5.41) is 12.8. The Morgan fingerprint density at radius 2 is 1.93 bits per heavy atom. The number of hydrogen-bond acceptors (Lipinski definition) is 5. The lowest BCUT2D eigenvalue weighted by molar-refractivity contribution is -0.148. The Morgan fingerprint density at radius 1 is 1.47 bits per heavy atom. The predicted molar refractivity (Wildman–Crippen MR) is 59.3 cm³/mol. The minimum atomic E-state index is -1.16. The molecule has 0 aromatic carbocycles. The summed E-state index contributed by atoms with van der Waals surface area (Å²) in [7, 11) is 0. The maximum Gasteiger partial charge on any atom is 0.294 e. The second-order valence-corrected chi connectivity index (χ2v) is 5.07. The molecule has 86 valence electrons. The van der Waals surface area contributed by atoms with Crippen LogP contribution in [0.3, 0.4) is 0 Å². The second-order valence-electron chi connectivity index (χ2n) is 4.51. The zero-order valence-electron chi connectivity index (χ0n) is 8.93. The fourth-order valence-corrected chi connectivity index (χ4v) is 2.00. The molecule has 1 N–H and O–H groups in total. The van der Waals surface area contributed by atoms with Crippen molar-refractivity contribution in [3.63, 3.8) is 0 Å². The van der Waals surface area contributed by atoms with Crippen LogP contribution in [-0.2, 0) is 4.79 Å². The summed E-state index contributed by atoms with van der Waals surface area (Å²) in [6.07, 6.45) is 0.843. The largest absolute Gasteiger partial charge is 0.389 e. The Morgan fingerprint density at radius 3 is 2.33 bits per heavy atom. The normalized spacial score (nSPS) is 22.4. The van der Waals surface area contributed by atoms with Crippen LogP contribution in [-0.4, -0.2) is 34.0 Å². The SMILES string of the molecule is CC(C)(C(=O)N=O)C1(O)CCN(S)CC1. The average molecular weight is 232 g/mol. The molecule has 6 heteroatoms. The van der Waals surface area contributed by atoms with Crippen molar-refractivity contribution in [3.05, 3.63) is 4.91 Å². The van der Waals surface area contributed by atoms with Gasteiger partial charge in [-0.1, -0.05) is 12.8 Å². The number of hydrogen-bond donors (Lipinski definition) is 2. The van der Waals surface area contributed by atoms with Gasteiger partial charge in [-0.3, -0.25) is 9.10 Å². The van der Waals surface area contributed by atoms with Crippen LogP contribution in [0.4, 0.5) is 0 Å². The van der Waals surface area contributed by atoms with Crippen LogP contribution < -0.4 is 0 Å². The molecule has 0 aromatic heterocycles. The van der Waals surface area contributed by atoms with E-state index >= 15 is 0 Å². The molecule has 0 spiro atoms. The summed E-state index contributed by atoms with van der Waals surface area (Å²) in [5.41, 5.74) is -2.28. The molecule has 0 bridgehead atoms. The van der Waals surface area contributed by atoms with E-state index in [2.05, 4.69) is 18.0 Å². The van der Waals surface area contributed by atoms with Crippen molar-refractivity contribution in [1.82, 2.24) is 4.31 Å². The Labute approximate surface area is 94.4 Å². The molecule has 1 saturated heterocycles. The molecule has 15 heavy (non-hydrogen) atoms. The van der Waals surface area contributed by atoms with E-state index in [0.717, 1.165) is 0 Å². The molecule has 0 radical (unpaired) electrons. The van der Waals surface area contributed by atoms with E-state index in [1.54, 1.807) is 18.2 Å². The third kappa shape index (κ3) is 2.21. The molecule has 1 rings (SSSR count). The Bertz CT molecular complexity index is 273. The predicted octanol–water partition coefficient (Wildman–Crippen LogP) is 0.977. The monoisotopic (exact) mass is 232 g/mol. The smallest absolute Gasteiger partial charge is 0.294 e. The highest BCUT2D eigenvalue weighted by Gasteiger charge is 2.50. The summed E-state index contributed by atoms with van der Waals surface area (Å²) in [5.74, 6) is -0.794. The lowest BCUT2D eigenvalue weighted by atomic mass is 9.69. The van der Waals surface area contributed by atoms with Crippen molar-refractivity contribution < 1.29 is 9.90 Å². The number of aliphatic hydroxyl groups is 1. The molecule has 1 aliphatic rings. The van der Waals surface area contributed by atoms with Crippen molar-refractivity contribution in [2.24, 2.45) is 10.6 Å². The Balaban J connectivity index is 2.85. The van der Waals surface area contributed by atoms with E-state index in [9.17, 15) is 14.8 Å². The van der Waals surface area contributed by atoms with Gasteiger partial charge >= 0.3 is 0 Å². The average Bonchev–Trinajstić information content (AvgIpc) is 2.21. The highest BCUT2D eigenvalue weighted by atomic mass is 32.1. The zero-order valence-corrected chi connectivity index (χ0v) is 9.83. The Hall–Kier alpha value is -0.460. The molecule has 0 aromatic rings. The fourth-order valence-electron chi connectivity index (χ4n) is 1.80. The fraction of sp³-hybridized carbons (Fsp3) is 0.889. The van der Waals surface area contributed by atoms with E-state index in [0.29, 0.717) is 25.9 Å². The van der Waals surface area contributed by atoms with Gasteiger partial charge in [0.2, 0.25) is 0 Å². The highest BCUT2D eigenvalue weighted by Crippen LogP contribution is 2.40. The van der Waals surface area contributed by atoms with Crippen LogP contribution in [0.5, 0.6) is 0 Å². The van der Waals surface area contributed by atoms with Crippen molar-refractivity contribution in [2.75, 3.05) is 13.1 Å². The Kier molecular flexibility index (Phi) is 3.52. The molecular formula is C9H16N2O3S. The van der Waals surface area contributed by atoms with E-state index in [1.165, 1.54) is 0 Å². The second kappa shape index (κ2) is 4.19. The number of thiol groups is 1. The van der Waals surface area contributed by atoms with Gasteiger partial charge in [-0.25, -0.2) is 0 Å². The quantitative estimate of drug-likeness (QED) is 0.550.